The molecule has 0 radical (unpaired) electrons. The van der Waals surface area contributed by atoms with E-state index in [1.807, 2.05) is 77.4 Å². The van der Waals surface area contributed by atoms with Crippen LogP contribution in [0.4, 0.5) is 0 Å². The summed E-state index contributed by atoms with van der Waals surface area (Å²) in [4.78, 5) is 7.88. The molecule has 1 N–H and O–H groups in total. The molecule has 0 spiro atoms. The molecule has 3 aromatic heterocycles. The Morgan fingerprint density at radius 3 is 1.37 bits per heavy atom. The van der Waals surface area contributed by atoms with Crippen LogP contribution in [0.3, 0.4) is 0 Å². The second-order valence-electron chi connectivity index (χ2n) is 9.20. The number of alkyl halides is 1. The Labute approximate surface area is 338 Å². The Balaban J connectivity index is 0.000000185. The van der Waals surface area contributed by atoms with Gasteiger partial charge in [-0.15, -0.1) is 32.0 Å². The Hall–Kier alpha value is -2.35. The molecular formula is C30H28Br6ClN9O3. The largest absolute Gasteiger partial charge is 0.497 e. The maximum absolute atomic E-state index is 5.58. The van der Waals surface area contributed by atoms with Gasteiger partial charge in [-0.25, -0.2) is 4.68 Å². The second kappa shape index (κ2) is 21.8. The van der Waals surface area contributed by atoms with Gasteiger partial charge in [0.25, 0.3) is 0 Å². The number of ether oxygens (including phenoxy) is 3. The molecule has 0 fully saturated rings. The quantitative estimate of drug-likeness (QED) is 0.148. The molecule has 0 amide bonds. The summed E-state index contributed by atoms with van der Waals surface area (Å²) >= 11 is 24.9. The van der Waals surface area contributed by atoms with Crippen molar-refractivity contribution < 1.29 is 14.2 Å². The fraction of sp³-hybridized carbons (Fsp3) is 0.200. The molecule has 3 aromatic carbocycles. The van der Waals surface area contributed by atoms with E-state index in [2.05, 4.69) is 131 Å². The van der Waals surface area contributed by atoms with Crippen molar-refractivity contribution in [1.82, 2.24) is 44.7 Å². The summed E-state index contributed by atoms with van der Waals surface area (Å²) in [5, 5.41) is 18.2. The molecule has 19 heteroatoms. The van der Waals surface area contributed by atoms with Crippen LogP contribution in [0.5, 0.6) is 17.2 Å². The number of H-pyrrole nitrogens is 1. The average molecular weight is 1080 g/mol. The highest BCUT2D eigenvalue weighted by molar-refractivity contribution is 9.11. The van der Waals surface area contributed by atoms with Gasteiger partial charge in [-0.1, -0.05) is 36.4 Å². The van der Waals surface area contributed by atoms with Gasteiger partial charge in [-0.3, -0.25) is 9.67 Å². The van der Waals surface area contributed by atoms with Gasteiger partial charge in [0.15, 0.2) is 9.47 Å². The predicted molar refractivity (Wildman–Crippen MR) is 209 cm³/mol. The minimum absolute atomic E-state index is 0.560. The molecule has 12 nitrogen and oxygen atoms in total. The molecule has 6 rings (SSSR count). The fourth-order valence-electron chi connectivity index (χ4n) is 3.55. The van der Waals surface area contributed by atoms with E-state index in [9.17, 15) is 0 Å². The zero-order valence-electron chi connectivity index (χ0n) is 26.0. The lowest BCUT2D eigenvalue weighted by Gasteiger charge is -2.05. The Morgan fingerprint density at radius 2 is 1.04 bits per heavy atom. The van der Waals surface area contributed by atoms with Gasteiger partial charge in [0.2, 0.25) is 18.9 Å². The summed E-state index contributed by atoms with van der Waals surface area (Å²) in [7, 11) is 4.96. The summed E-state index contributed by atoms with van der Waals surface area (Å²) in [6, 6.07) is 23.4. The van der Waals surface area contributed by atoms with Crippen LogP contribution >= 0.6 is 107 Å². The molecule has 0 aliphatic carbocycles. The van der Waals surface area contributed by atoms with Crippen molar-refractivity contribution in [2.45, 2.75) is 19.0 Å². The van der Waals surface area contributed by atoms with Crippen molar-refractivity contribution in [2.24, 2.45) is 0 Å². The third-order valence-electron chi connectivity index (χ3n) is 6.00. The molecule has 260 valence electrons. The van der Waals surface area contributed by atoms with Crippen LogP contribution in [-0.4, -0.2) is 66.0 Å². The van der Waals surface area contributed by atoms with Crippen LogP contribution in [0.15, 0.2) is 101 Å². The van der Waals surface area contributed by atoms with E-state index in [1.54, 1.807) is 26.0 Å². The summed E-state index contributed by atoms with van der Waals surface area (Å²) in [5.74, 6) is 3.13. The van der Waals surface area contributed by atoms with Gasteiger partial charge in [0.05, 0.1) is 34.4 Å². The second-order valence-corrected chi connectivity index (χ2v) is 13.8. The molecule has 0 saturated carbocycles. The van der Waals surface area contributed by atoms with Crippen LogP contribution in [0.2, 0.25) is 0 Å². The number of hydrogen-bond donors (Lipinski definition) is 1. The van der Waals surface area contributed by atoms with Gasteiger partial charge in [0, 0.05) is 5.88 Å². The lowest BCUT2D eigenvalue weighted by Crippen LogP contribution is -2.02. The normalized spacial score (nSPS) is 10.1. The van der Waals surface area contributed by atoms with E-state index in [-0.39, 0.29) is 0 Å². The maximum atomic E-state index is 5.58. The van der Waals surface area contributed by atoms with Crippen LogP contribution < -0.4 is 14.2 Å². The summed E-state index contributed by atoms with van der Waals surface area (Å²) in [6.07, 6.45) is 0. The molecule has 49 heavy (non-hydrogen) atoms. The molecule has 0 bridgehead atoms. The van der Waals surface area contributed by atoms with Crippen molar-refractivity contribution in [3.8, 4) is 17.2 Å². The Bertz CT molecular complexity index is 1780. The Kier molecular flexibility index (Phi) is 18.3. The van der Waals surface area contributed by atoms with Crippen molar-refractivity contribution in [3.63, 3.8) is 0 Å². The van der Waals surface area contributed by atoms with Gasteiger partial charge < -0.3 is 14.2 Å². The summed E-state index contributed by atoms with van der Waals surface area (Å²) in [6.45, 7) is 1.38. The van der Waals surface area contributed by atoms with E-state index < -0.39 is 0 Å². The monoisotopic (exact) mass is 1070 g/mol. The van der Waals surface area contributed by atoms with Crippen LogP contribution in [0, 0.1) is 0 Å². The van der Waals surface area contributed by atoms with Crippen molar-refractivity contribution in [2.75, 3.05) is 21.3 Å². The standard InChI is InChI=1S/2C10H9Br2N3O.C8H9ClO.C2HBr2N3/c1-16-8-4-2-7(3-5-8)6-15-9(11)13-14-10(15)12;1-16-8-4-2-7(3-5-8)6-15-10(12)13-9(11)14-15;1-10-8-4-2-7(6-9)3-5-8;3-1-5-2(4)7-6-1/h2*2-5H,6H2,1H3;2-5H,6H2,1H3;(H,5,6,7). The average Bonchev–Trinajstić information content (AvgIpc) is 3.77. The van der Waals surface area contributed by atoms with Gasteiger partial charge in [-0.2, -0.15) is 9.97 Å². The number of nitrogens with one attached hydrogen (secondary N) is 1. The number of halogens is 7. The van der Waals surface area contributed by atoms with Crippen molar-refractivity contribution in [1.29, 1.82) is 0 Å². The maximum Gasteiger partial charge on any atom is 0.218 e. The zero-order chi connectivity index (χ0) is 35.8. The highest BCUT2D eigenvalue weighted by Gasteiger charge is 2.08. The van der Waals surface area contributed by atoms with E-state index in [1.165, 1.54) is 0 Å². The molecular weight excluding hydrogens is 1050 g/mol. The van der Waals surface area contributed by atoms with Crippen LogP contribution in [-0.2, 0) is 19.0 Å². The first-order valence-electron chi connectivity index (χ1n) is 13.7. The van der Waals surface area contributed by atoms with E-state index in [0.717, 1.165) is 33.9 Å². The van der Waals surface area contributed by atoms with Crippen LogP contribution in [0.25, 0.3) is 0 Å². The number of methoxy groups -OCH3 is 3. The van der Waals surface area contributed by atoms with Gasteiger partial charge >= 0.3 is 0 Å². The van der Waals surface area contributed by atoms with E-state index in [0.29, 0.717) is 47.4 Å². The molecule has 3 heterocycles. The zero-order valence-corrected chi connectivity index (χ0v) is 36.3. The minimum Gasteiger partial charge on any atom is -0.497 e. The third-order valence-corrected chi connectivity index (χ3v) is 9.11. The molecule has 6 aromatic rings. The van der Waals surface area contributed by atoms with Gasteiger partial charge in [-0.05, 0) is 149 Å². The molecule has 0 saturated heterocycles. The lowest BCUT2D eigenvalue weighted by molar-refractivity contribution is 0.414. The van der Waals surface area contributed by atoms with E-state index in [4.69, 9.17) is 25.8 Å². The summed E-state index contributed by atoms with van der Waals surface area (Å²) in [5.41, 5.74) is 3.41. The molecule has 0 atom stereocenters. The van der Waals surface area contributed by atoms with Crippen molar-refractivity contribution in [3.05, 3.63) is 118 Å². The molecule has 0 aliphatic rings. The number of benzene rings is 3. The highest BCUT2D eigenvalue weighted by Crippen LogP contribution is 2.19. The first kappa shape index (κ1) is 41.1. The number of hydrogen-bond acceptors (Lipinski definition) is 9. The highest BCUT2D eigenvalue weighted by atomic mass is 79.9. The van der Waals surface area contributed by atoms with Crippen LogP contribution in [0.1, 0.15) is 16.7 Å². The first-order valence-corrected chi connectivity index (χ1v) is 19.0. The number of nitrogens with zero attached hydrogens (tertiary/aromatic N) is 8. The Morgan fingerprint density at radius 1 is 0.592 bits per heavy atom. The first-order chi connectivity index (χ1) is 23.5. The van der Waals surface area contributed by atoms with Gasteiger partial charge in [0.1, 0.15) is 17.2 Å². The third kappa shape index (κ3) is 14.4. The number of aromatic amines is 1. The summed E-state index contributed by atoms with van der Waals surface area (Å²) < 4.78 is 22.8. The minimum atomic E-state index is 0.560. The van der Waals surface area contributed by atoms with Crippen molar-refractivity contribution >= 4 is 107 Å². The number of rotatable bonds is 8. The fourth-order valence-corrected chi connectivity index (χ4v) is 6.44. The molecule has 0 aliphatic heterocycles. The lowest BCUT2D eigenvalue weighted by atomic mass is 10.2. The van der Waals surface area contributed by atoms with E-state index >= 15 is 0 Å². The SMILES string of the molecule is Brc1n[nH]c(Br)n1.COc1ccc(CCl)cc1.COc1ccc(Cn2c(Br)nnc2Br)cc1.COc1ccc(Cn2nc(Br)nc2Br)cc1. The predicted octanol–water partition coefficient (Wildman–Crippen LogP) is 9.48. The topological polar surface area (TPSA) is 131 Å². The smallest absolute Gasteiger partial charge is 0.218 e. The molecule has 0 unspecified atom stereocenters. The number of aromatic nitrogens is 9.